The van der Waals surface area contributed by atoms with E-state index in [0.717, 1.165) is 22.2 Å². The molecule has 1 aliphatic rings. The monoisotopic (exact) mass is 417 g/mol. The number of hydrogen-bond acceptors (Lipinski definition) is 5. The van der Waals surface area contributed by atoms with E-state index < -0.39 is 0 Å². The summed E-state index contributed by atoms with van der Waals surface area (Å²) in [7, 11) is 1.61. The molecule has 7 nitrogen and oxygen atoms in total. The second-order valence-electron chi connectivity index (χ2n) is 7.35. The van der Waals surface area contributed by atoms with Gasteiger partial charge < -0.3 is 10.1 Å². The number of hydrogen-bond donors (Lipinski definition) is 1. The van der Waals surface area contributed by atoms with Crippen molar-refractivity contribution in [1.29, 1.82) is 0 Å². The Morgan fingerprint density at radius 3 is 2.48 bits per heavy atom. The molecule has 0 spiro atoms. The Hall–Kier alpha value is -3.74. The van der Waals surface area contributed by atoms with Crippen LogP contribution in [0.25, 0.3) is 22.2 Å². The number of benzene rings is 2. The van der Waals surface area contributed by atoms with Gasteiger partial charge in [-0.05, 0) is 42.8 Å². The third-order valence-corrected chi connectivity index (χ3v) is 5.35. The maximum Gasteiger partial charge on any atom is 0.252 e. The third-order valence-electron chi connectivity index (χ3n) is 5.35. The predicted molar refractivity (Wildman–Crippen MR) is 117 cm³/mol. The van der Waals surface area contributed by atoms with Crippen LogP contribution in [-0.4, -0.2) is 47.8 Å². The highest BCUT2D eigenvalue weighted by Gasteiger charge is 2.28. The van der Waals surface area contributed by atoms with E-state index in [-0.39, 0.29) is 30.6 Å². The minimum atomic E-state index is -0.215. The van der Waals surface area contributed by atoms with Crippen LogP contribution in [0.3, 0.4) is 0 Å². The number of carbonyl (C=O) groups is 3. The molecule has 1 N–H and O–H groups in total. The number of carbonyl (C=O) groups excluding carboxylic acids is 3. The molecular weight excluding hydrogens is 394 g/mol. The van der Waals surface area contributed by atoms with Crippen molar-refractivity contribution in [2.75, 3.05) is 20.2 Å². The number of aromatic nitrogens is 1. The summed E-state index contributed by atoms with van der Waals surface area (Å²) in [5.74, 6) is 0.256. The highest BCUT2D eigenvalue weighted by Crippen LogP contribution is 2.26. The van der Waals surface area contributed by atoms with Gasteiger partial charge in [-0.2, -0.15) is 0 Å². The quantitative estimate of drug-likeness (QED) is 0.471. The first-order valence-corrected chi connectivity index (χ1v) is 10.2. The molecule has 1 aromatic heterocycles. The zero-order valence-electron chi connectivity index (χ0n) is 17.3. The fourth-order valence-corrected chi connectivity index (χ4v) is 3.68. The number of ether oxygens (including phenoxy) is 1. The van der Waals surface area contributed by atoms with Crippen LogP contribution < -0.4 is 10.1 Å². The first kappa shape index (κ1) is 20.5. The molecule has 3 aromatic rings. The largest absolute Gasteiger partial charge is 0.497 e. The standard InChI is InChI=1S/C24H23N3O4/c1-31-17-9-7-16(8-10-17)21-15-19(18-5-2-3-6-20(18)26-21)24(30)25-13-4-14-27-22(28)11-12-23(27)29/h2-3,5-10,15H,4,11-14H2,1H3,(H,25,30). The van der Waals surface area contributed by atoms with Crippen molar-refractivity contribution in [2.24, 2.45) is 0 Å². The molecule has 1 fully saturated rings. The molecule has 0 unspecified atom stereocenters. The van der Waals surface area contributed by atoms with Gasteiger partial charge in [0.1, 0.15) is 5.75 Å². The lowest BCUT2D eigenvalue weighted by Gasteiger charge is -2.14. The second-order valence-corrected chi connectivity index (χ2v) is 7.35. The first-order chi connectivity index (χ1) is 15.1. The SMILES string of the molecule is COc1ccc(-c2cc(C(=O)NCCCN3C(=O)CCC3=O)c3ccccc3n2)cc1. The van der Waals surface area contributed by atoms with Gasteiger partial charge in [-0.3, -0.25) is 19.3 Å². The van der Waals surface area contributed by atoms with Crippen LogP contribution in [0.5, 0.6) is 5.75 Å². The van der Waals surface area contributed by atoms with Crippen molar-refractivity contribution in [1.82, 2.24) is 15.2 Å². The van der Waals surface area contributed by atoms with Gasteiger partial charge in [0.05, 0.1) is 23.9 Å². The van der Waals surface area contributed by atoms with E-state index in [1.54, 1.807) is 13.2 Å². The van der Waals surface area contributed by atoms with Crippen molar-refractivity contribution < 1.29 is 19.1 Å². The smallest absolute Gasteiger partial charge is 0.252 e. The molecule has 0 radical (unpaired) electrons. The van der Waals surface area contributed by atoms with Crippen molar-refractivity contribution >= 4 is 28.6 Å². The lowest BCUT2D eigenvalue weighted by atomic mass is 10.0. The average Bonchev–Trinajstić information content (AvgIpc) is 3.13. The molecule has 0 atom stereocenters. The van der Waals surface area contributed by atoms with Crippen LogP contribution >= 0.6 is 0 Å². The zero-order chi connectivity index (χ0) is 21.8. The summed E-state index contributed by atoms with van der Waals surface area (Å²) < 4.78 is 5.21. The van der Waals surface area contributed by atoms with Crippen LogP contribution in [0.2, 0.25) is 0 Å². The molecule has 158 valence electrons. The predicted octanol–water partition coefficient (Wildman–Crippen LogP) is 3.18. The van der Waals surface area contributed by atoms with E-state index in [4.69, 9.17) is 9.72 Å². The van der Waals surface area contributed by atoms with Crippen molar-refractivity contribution in [3.8, 4) is 17.0 Å². The number of nitrogens with one attached hydrogen (secondary N) is 1. The zero-order valence-corrected chi connectivity index (χ0v) is 17.3. The van der Waals surface area contributed by atoms with Gasteiger partial charge in [-0.15, -0.1) is 0 Å². The van der Waals surface area contributed by atoms with Gasteiger partial charge >= 0.3 is 0 Å². The van der Waals surface area contributed by atoms with Crippen molar-refractivity contribution in [3.63, 3.8) is 0 Å². The Bertz CT molecular complexity index is 1130. The van der Waals surface area contributed by atoms with Gasteiger partial charge in [0, 0.05) is 36.9 Å². The molecule has 1 aliphatic heterocycles. The maximum atomic E-state index is 13.0. The molecule has 3 amide bonds. The maximum absolute atomic E-state index is 13.0. The van der Waals surface area contributed by atoms with Gasteiger partial charge in [-0.1, -0.05) is 18.2 Å². The van der Waals surface area contributed by atoms with Gasteiger partial charge in [0.15, 0.2) is 0 Å². The normalized spacial score (nSPS) is 13.6. The molecule has 0 aliphatic carbocycles. The minimum absolute atomic E-state index is 0.138. The van der Waals surface area contributed by atoms with E-state index in [1.807, 2.05) is 48.5 Å². The number of rotatable bonds is 7. The number of fused-ring (bicyclic) bond motifs is 1. The summed E-state index contributed by atoms with van der Waals surface area (Å²) in [5.41, 5.74) is 2.84. The van der Waals surface area contributed by atoms with Crippen LogP contribution in [-0.2, 0) is 9.59 Å². The molecule has 0 bridgehead atoms. The van der Waals surface area contributed by atoms with Crippen LogP contribution in [0.4, 0.5) is 0 Å². The highest BCUT2D eigenvalue weighted by atomic mass is 16.5. The Labute approximate surface area is 180 Å². The summed E-state index contributed by atoms with van der Waals surface area (Å²) in [6.07, 6.45) is 1.07. The number of likely N-dealkylation sites (tertiary alicyclic amines) is 1. The molecular formula is C24H23N3O4. The Morgan fingerprint density at radius 1 is 1.06 bits per heavy atom. The van der Waals surface area contributed by atoms with E-state index in [0.29, 0.717) is 30.8 Å². The summed E-state index contributed by atoms with van der Waals surface area (Å²) in [5, 5.41) is 3.67. The van der Waals surface area contributed by atoms with E-state index >= 15 is 0 Å². The second kappa shape index (κ2) is 8.95. The van der Waals surface area contributed by atoms with E-state index in [9.17, 15) is 14.4 Å². The number of methoxy groups -OCH3 is 1. The summed E-state index contributed by atoms with van der Waals surface area (Å²) in [6.45, 7) is 0.691. The Morgan fingerprint density at radius 2 is 1.77 bits per heavy atom. The third kappa shape index (κ3) is 4.40. The van der Waals surface area contributed by atoms with Crippen LogP contribution in [0.15, 0.2) is 54.6 Å². The Balaban J connectivity index is 1.52. The number of imide groups is 1. The number of para-hydroxylation sites is 1. The summed E-state index contributed by atoms with van der Waals surface area (Å²) in [6, 6.07) is 16.8. The highest BCUT2D eigenvalue weighted by molar-refractivity contribution is 6.07. The Kier molecular flexibility index (Phi) is 5.93. The fourth-order valence-electron chi connectivity index (χ4n) is 3.68. The lowest BCUT2D eigenvalue weighted by Crippen LogP contribution is -2.33. The van der Waals surface area contributed by atoms with Crippen LogP contribution in [0, 0.1) is 0 Å². The minimum Gasteiger partial charge on any atom is -0.497 e. The van der Waals surface area contributed by atoms with Gasteiger partial charge in [0.25, 0.3) is 5.91 Å². The van der Waals surface area contributed by atoms with Crippen LogP contribution in [0.1, 0.15) is 29.6 Å². The first-order valence-electron chi connectivity index (χ1n) is 10.2. The van der Waals surface area contributed by atoms with Crippen molar-refractivity contribution in [3.05, 3.63) is 60.2 Å². The van der Waals surface area contributed by atoms with Gasteiger partial charge in [0.2, 0.25) is 11.8 Å². The topological polar surface area (TPSA) is 88.6 Å². The number of amides is 3. The average molecular weight is 417 g/mol. The lowest BCUT2D eigenvalue weighted by molar-refractivity contribution is -0.138. The van der Waals surface area contributed by atoms with Crippen molar-refractivity contribution in [2.45, 2.75) is 19.3 Å². The molecule has 0 saturated carbocycles. The molecule has 31 heavy (non-hydrogen) atoms. The summed E-state index contributed by atoms with van der Waals surface area (Å²) >= 11 is 0. The fraction of sp³-hybridized carbons (Fsp3) is 0.250. The number of pyridine rings is 1. The molecule has 4 rings (SSSR count). The van der Waals surface area contributed by atoms with Gasteiger partial charge in [-0.25, -0.2) is 4.98 Å². The molecule has 2 heterocycles. The molecule has 1 saturated heterocycles. The summed E-state index contributed by atoms with van der Waals surface area (Å²) in [4.78, 5) is 42.3. The van der Waals surface area contributed by atoms with E-state index in [2.05, 4.69) is 5.32 Å². The molecule has 7 heteroatoms. The number of nitrogens with zero attached hydrogens (tertiary/aromatic N) is 2. The molecule has 2 aromatic carbocycles. The van der Waals surface area contributed by atoms with E-state index in [1.165, 1.54) is 4.90 Å².